The van der Waals surface area contributed by atoms with Crippen molar-refractivity contribution in [2.24, 2.45) is 5.73 Å². The lowest BCUT2D eigenvalue weighted by Gasteiger charge is -2.23. The molecule has 38 heavy (non-hydrogen) atoms. The highest BCUT2D eigenvalue weighted by Crippen LogP contribution is 2.47. The number of carbonyl (C=O) groups is 1. The molecule has 3 aromatic carbocycles. The molecule has 1 unspecified atom stereocenters. The molecule has 1 amide bonds. The first-order valence-electron chi connectivity index (χ1n) is 12.1. The molecule has 1 aliphatic rings. The number of carbonyl (C=O) groups excluding carboxylic acids is 1. The second kappa shape index (κ2) is 10.9. The van der Waals surface area contributed by atoms with Crippen LogP contribution in [-0.4, -0.2) is 28.3 Å². The molecule has 4 aromatic rings. The van der Waals surface area contributed by atoms with Crippen molar-refractivity contribution in [1.29, 1.82) is 0 Å². The Balaban J connectivity index is 1.55. The number of hydrogen-bond donors (Lipinski definition) is 2. The van der Waals surface area contributed by atoms with Crippen molar-refractivity contribution in [3.05, 3.63) is 92.9 Å². The highest BCUT2D eigenvalue weighted by Gasteiger charge is 2.32. The van der Waals surface area contributed by atoms with Gasteiger partial charge in [-0.15, -0.1) is 0 Å². The first-order chi connectivity index (χ1) is 18.2. The molecule has 0 saturated heterocycles. The van der Waals surface area contributed by atoms with E-state index >= 15 is 0 Å². The first-order valence-corrected chi connectivity index (χ1v) is 13.9. The smallest absolute Gasteiger partial charge is 0.261 e. The molecule has 0 aliphatic heterocycles. The first kappa shape index (κ1) is 26.4. The van der Waals surface area contributed by atoms with Crippen LogP contribution in [-0.2, 0) is 24.1 Å². The molecule has 1 saturated carbocycles. The number of benzene rings is 3. The number of primary amides is 1. The minimum absolute atomic E-state index is 0.207. The maximum atomic E-state index is 13.4. The Hall–Kier alpha value is -3.21. The average Bonchev–Trinajstić information content (AvgIpc) is 3.66. The molecule has 1 heterocycles. The van der Waals surface area contributed by atoms with Crippen molar-refractivity contribution >= 4 is 49.8 Å². The molecule has 1 fully saturated rings. The fourth-order valence-electron chi connectivity index (χ4n) is 4.75. The summed E-state index contributed by atoms with van der Waals surface area (Å²) in [6.45, 7) is 0.248. The number of fused-ring (bicyclic) bond motifs is 1. The van der Waals surface area contributed by atoms with Gasteiger partial charge in [-0.2, -0.15) is 0 Å². The minimum Gasteiger partial charge on any atom is -0.496 e. The minimum atomic E-state index is -2.31. The molecule has 0 spiro atoms. The summed E-state index contributed by atoms with van der Waals surface area (Å²) in [5.74, 6) is 0.280. The lowest BCUT2D eigenvalue weighted by atomic mass is 10.0. The van der Waals surface area contributed by atoms with Gasteiger partial charge in [0.15, 0.2) is 0 Å². The van der Waals surface area contributed by atoms with Crippen LogP contribution in [0.4, 0.5) is 10.1 Å². The van der Waals surface area contributed by atoms with E-state index in [0.29, 0.717) is 34.6 Å². The molecule has 198 valence electrons. The zero-order valence-electron chi connectivity index (χ0n) is 20.6. The fourth-order valence-corrected chi connectivity index (χ4v) is 5.66. The van der Waals surface area contributed by atoms with Crippen LogP contribution < -0.4 is 14.8 Å². The molecular formula is C28H26BrFN2O5S. The van der Waals surface area contributed by atoms with E-state index in [0.717, 1.165) is 34.0 Å². The molecule has 10 heteroatoms. The number of rotatable bonds is 10. The van der Waals surface area contributed by atoms with E-state index in [-0.39, 0.29) is 30.3 Å². The quantitative estimate of drug-likeness (QED) is 0.214. The summed E-state index contributed by atoms with van der Waals surface area (Å²) in [4.78, 5) is 12.5. The SMILES string of the molecule is COc1cc(Br)ccc1CCN(c1cc2oc(Cc3ccc(F)cc3)c(C(N)=O)c2cc1C1CC1)S(=O)O. The normalized spacial score (nSPS) is 14.0. The number of nitrogens with zero attached hydrogens (tertiary/aromatic N) is 1. The third kappa shape index (κ3) is 5.48. The average molecular weight is 601 g/mol. The van der Waals surface area contributed by atoms with Gasteiger partial charge < -0.3 is 14.9 Å². The Morgan fingerprint density at radius 2 is 1.95 bits per heavy atom. The monoisotopic (exact) mass is 600 g/mol. The highest BCUT2D eigenvalue weighted by atomic mass is 79.9. The molecular weight excluding hydrogens is 575 g/mol. The zero-order chi connectivity index (χ0) is 27.0. The molecule has 1 aliphatic carbocycles. The van der Waals surface area contributed by atoms with Gasteiger partial charge in [0, 0.05) is 28.9 Å². The van der Waals surface area contributed by atoms with E-state index in [1.54, 1.807) is 25.3 Å². The van der Waals surface area contributed by atoms with Gasteiger partial charge in [0.2, 0.25) is 0 Å². The van der Waals surface area contributed by atoms with Crippen LogP contribution in [0, 0.1) is 5.82 Å². The van der Waals surface area contributed by atoms with Gasteiger partial charge in [-0.1, -0.05) is 34.1 Å². The number of methoxy groups -OCH3 is 1. The number of furan rings is 1. The van der Waals surface area contributed by atoms with E-state index < -0.39 is 17.2 Å². The van der Waals surface area contributed by atoms with Crippen LogP contribution in [0.15, 0.2) is 63.5 Å². The Morgan fingerprint density at radius 3 is 2.58 bits per heavy atom. The molecule has 5 rings (SSSR count). The van der Waals surface area contributed by atoms with Crippen molar-refractivity contribution in [1.82, 2.24) is 0 Å². The maximum Gasteiger partial charge on any atom is 0.261 e. The third-order valence-electron chi connectivity index (χ3n) is 6.74. The summed E-state index contributed by atoms with van der Waals surface area (Å²) in [5.41, 5.74) is 9.55. The van der Waals surface area contributed by atoms with Gasteiger partial charge in [-0.25, -0.2) is 8.60 Å². The summed E-state index contributed by atoms with van der Waals surface area (Å²) < 4.78 is 50.2. The van der Waals surface area contributed by atoms with E-state index in [9.17, 15) is 17.9 Å². The second-order valence-electron chi connectivity index (χ2n) is 9.29. The van der Waals surface area contributed by atoms with Gasteiger partial charge in [0.05, 0.1) is 18.4 Å². The standard InChI is InChI=1S/C28H26BrFN2O5S/c1-36-24-13-19(29)7-6-18(24)10-11-32(38(34)35)23-15-25-22(14-21(23)17-4-5-17)27(28(31)33)26(37-25)12-16-2-8-20(30)9-3-16/h2-3,6-9,13-15,17H,4-5,10-12H2,1H3,(H2,31,33)(H,34,35). The Morgan fingerprint density at radius 1 is 1.21 bits per heavy atom. The maximum absolute atomic E-state index is 13.4. The Kier molecular flexibility index (Phi) is 7.56. The molecule has 0 bridgehead atoms. The number of hydrogen-bond acceptors (Lipinski definition) is 4. The summed E-state index contributed by atoms with van der Waals surface area (Å²) in [6, 6.07) is 15.2. The predicted molar refractivity (Wildman–Crippen MR) is 148 cm³/mol. The number of ether oxygens (including phenoxy) is 1. The van der Waals surface area contributed by atoms with Crippen LogP contribution in [0.2, 0.25) is 0 Å². The predicted octanol–water partition coefficient (Wildman–Crippen LogP) is 6.10. The largest absolute Gasteiger partial charge is 0.496 e. The summed E-state index contributed by atoms with van der Waals surface area (Å²) >= 11 is 1.13. The summed E-state index contributed by atoms with van der Waals surface area (Å²) in [7, 11) is 1.59. The third-order valence-corrected chi connectivity index (χ3v) is 7.99. The zero-order valence-corrected chi connectivity index (χ0v) is 23.0. The Bertz CT molecular complexity index is 1530. The number of amides is 1. The summed E-state index contributed by atoms with van der Waals surface area (Å²) in [5, 5.41) is 0.568. The number of nitrogens with two attached hydrogens (primary N) is 1. The number of anilines is 1. The van der Waals surface area contributed by atoms with Crippen molar-refractivity contribution < 1.29 is 27.1 Å². The number of halogens is 2. The lowest BCUT2D eigenvalue weighted by molar-refractivity contribution is 0.1000. The van der Waals surface area contributed by atoms with Crippen LogP contribution in [0.3, 0.4) is 0 Å². The van der Waals surface area contributed by atoms with Gasteiger partial charge in [0.25, 0.3) is 17.2 Å². The van der Waals surface area contributed by atoms with Crippen LogP contribution in [0.1, 0.15) is 51.6 Å². The van der Waals surface area contributed by atoms with Gasteiger partial charge in [-0.05, 0) is 72.2 Å². The van der Waals surface area contributed by atoms with E-state index in [4.69, 9.17) is 14.9 Å². The van der Waals surface area contributed by atoms with E-state index in [1.807, 2.05) is 24.3 Å². The second-order valence-corrected chi connectivity index (χ2v) is 11.1. The van der Waals surface area contributed by atoms with Crippen molar-refractivity contribution in [3.8, 4) is 5.75 Å². The molecule has 1 atom stereocenters. The van der Waals surface area contributed by atoms with Gasteiger partial charge >= 0.3 is 0 Å². The van der Waals surface area contributed by atoms with Gasteiger partial charge in [0.1, 0.15) is 22.9 Å². The van der Waals surface area contributed by atoms with Crippen molar-refractivity contribution in [2.45, 2.75) is 31.6 Å². The highest BCUT2D eigenvalue weighted by molar-refractivity contribution is 9.10. The van der Waals surface area contributed by atoms with E-state index in [1.165, 1.54) is 16.4 Å². The lowest BCUT2D eigenvalue weighted by Crippen LogP contribution is -2.28. The van der Waals surface area contributed by atoms with Crippen LogP contribution >= 0.6 is 15.9 Å². The van der Waals surface area contributed by atoms with Crippen LogP contribution in [0.25, 0.3) is 11.0 Å². The van der Waals surface area contributed by atoms with Crippen molar-refractivity contribution in [3.63, 3.8) is 0 Å². The fraction of sp³-hybridized carbons (Fsp3) is 0.250. The summed E-state index contributed by atoms with van der Waals surface area (Å²) in [6.07, 6.45) is 2.60. The van der Waals surface area contributed by atoms with Crippen molar-refractivity contribution in [2.75, 3.05) is 18.0 Å². The molecule has 0 radical (unpaired) electrons. The molecule has 3 N–H and O–H groups in total. The topological polar surface area (TPSA) is 106 Å². The molecule has 7 nitrogen and oxygen atoms in total. The Labute approximate surface area is 230 Å². The van der Waals surface area contributed by atoms with Crippen LogP contribution in [0.5, 0.6) is 5.75 Å². The molecule has 1 aromatic heterocycles. The van der Waals surface area contributed by atoms with Gasteiger partial charge in [-0.3, -0.25) is 13.7 Å². The van der Waals surface area contributed by atoms with E-state index in [2.05, 4.69) is 15.9 Å².